The number of hydrogen-bond acceptors (Lipinski definition) is 4. The highest BCUT2D eigenvalue weighted by Crippen LogP contribution is 2.17. The molecule has 0 aliphatic heterocycles. The van der Waals surface area contributed by atoms with Gasteiger partial charge in [0.05, 0.1) is 6.61 Å². The Kier molecular flexibility index (Phi) is 7.40. The minimum absolute atomic E-state index is 0.235. The quantitative estimate of drug-likeness (QED) is 0.684. The first-order valence-corrected chi connectivity index (χ1v) is 7.03. The van der Waals surface area contributed by atoms with Crippen LogP contribution in [-0.2, 0) is 19.1 Å². The van der Waals surface area contributed by atoms with Gasteiger partial charge >= 0.3 is 11.9 Å². The molecule has 0 amide bonds. The van der Waals surface area contributed by atoms with Crippen molar-refractivity contribution in [2.75, 3.05) is 6.61 Å². The van der Waals surface area contributed by atoms with Crippen molar-refractivity contribution in [2.24, 2.45) is 0 Å². The number of benzene rings is 1. The Morgan fingerprint density at radius 1 is 1.10 bits per heavy atom. The number of carbonyl (C=O) groups excluding carboxylic acids is 2. The Bertz CT molecular complexity index is 414. The van der Waals surface area contributed by atoms with Crippen molar-refractivity contribution in [1.29, 1.82) is 0 Å². The molecule has 0 saturated heterocycles. The average molecular weight is 278 g/mol. The summed E-state index contributed by atoms with van der Waals surface area (Å²) in [5.41, 5.74) is 0.961. The topological polar surface area (TPSA) is 52.6 Å². The molecule has 0 aromatic heterocycles. The van der Waals surface area contributed by atoms with Crippen molar-refractivity contribution in [1.82, 2.24) is 0 Å². The van der Waals surface area contributed by atoms with Gasteiger partial charge in [-0.1, -0.05) is 37.3 Å². The molecule has 1 atom stereocenters. The normalized spacial score (nSPS) is 11.7. The van der Waals surface area contributed by atoms with Gasteiger partial charge in [0.1, 0.15) is 6.10 Å². The van der Waals surface area contributed by atoms with Crippen LogP contribution in [0.1, 0.15) is 51.2 Å². The van der Waals surface area contributed by atoms with Crippen LogP contribution in [0.15, 0.2) is 30.3 Å². The van der Waals surface area contributed by atoms with Gasteiger partial charge in [0.25, 0.3) is 0 Å². The number of hydrogen-bond donors (Lipinski definition) is 0. The van der Waals surface area contributed by atoms with Crippen molar-refractivity contribution in [3.8, 4) is 0 Å². The molecule has 0 aliphatic carbocycles. The van der Waals surface area contributed by atoms with Crippen LogP contribution in [0.25, 0.3) is 0 Å². The van der Waals surface area contributed by atoms with Crippen LogP contribution in [0.2, 0.25) is 0 Å². The smallest absolute Gasteiger partial charge is 0.306 e. The molecular weight excluding hydrogens is 256 g/mol. The van der Waals surface area contributed by atoms with Crippen molar-refractivity contribution in [3.63, 3.8) is 0 Å². The Balaban J connectivity index is 2.22. The molecule has 20 heavy (non-hydrogen) atoms. The van der Waals surface area contributed by atoms with Gasteiger partial charge in [-0.25, -0.2) is 0 Å². The van der Waals surface area contributed by atoms with E-state index in [-0.39, 0.29) is 30.9 Å². The summed E-state index contributed by atoms with van der Waals surface area (Å²) in [7, 11) is 0. The lowest BCUT2D eigenvalue weighted by Crippen LogP contribution is -2.10. The van der Waals surface area contributed by atoms with Gasteiger partial charge in [0.2, 0.25) is 0 Å². The maximum Gasteiger partial charge on any atom is 0.306 e. The van der Waals surface area contributed by atoms with Gasteiger partial charge in [0, 0.05) is 12.8 Å². The highest BCUT2D eigenvalue weighted by atomic mass is 16.5. The minimum Gasteiger partial charge on any atom is -0.466 e. The molecule has 0 fully saturated rings. The minimum atomic E-state index is -0.287. The summed E-state index contributed by atoms with van der Waals surface area (Å²) in [4.78, 5) is 22.9. The van der Waals surface area contributed by atoms with E-state index in [0.717, 1.165) is 12.0 Å². The summed E-state index contributed by atoms with van der Waals surface area (Å²) in [5.74, 6) is -0.541. The molecule has 1 rings (SSSR count). The van der Waals surface area contributed by atoms with Crippen molar-refractivity contribution in [3.05, 3.63) is 35.9 Å². The van der Waals surface area contributed by atoms with Crippen LogP contribution >= 0.6 is 0 Å². The molecule has 0 bridgehead atoms. The van der Waals surface area contributed by atoms with Crippen molar-refractivity contribution >= 4 is 11.9 Å². The van der Waals surface area contributed by atoms with Crippen LogP contribution in [0.3, 0.4) is 0 Å². The summed E-state index contributed by atoms with van der Waals surface area (Å²) in [6.45, 7) is 4.21. The third-order valence-electron chi connectivity index (χ3n) is 2.81. The molecular formula is C16H22O4. The van der Waals surface area contributed by atoms with Gasteiger partial charge in [-0.05, 0) is 25.3 Å². The molecule has 0 aliphatic rings. The standard InChI is InChI=1S/C16H22O4/c1-3-12-19-15(17)10-7-11-16(18)20-13(2)14-8-5-4-6-9-14/h4-6,8-9,13H,3,7,10-12H2,1-2H3. The Morgan fingerprint density at radius 3 is 2.40 bits per heavy atom. The fourth-order valence-corrected chi connectivity index (χ4v) is 1.71. The first-order chi connectivity index (χ1) is 9.63. The van der Waals surface area contributed by atoms with Crippen molar-refractivity contribution < 1.29 is 19.1 Å². The zero-order chi connectivity index (χ0) is 14.8. The maximum absolute atomic E-state index is 11.6. The van der Waals surface area contributed by atoms with Crippen LogP contribution in [-0.4, -0.2) is 18.5 Å². The Hall–Kier alpha value is -1.84. The largest absolute Gasteiger partial charge is 0.466 e. The van der Waals surface area contributed by atoms with E-state index in [1.807, 2.05) is 44.2 Å². The third-order valence-corrected chi connectivity index (χ3v) is 2.81. The lowest BCUT2D eigenvalue weighted by molar-refractivity contribution is -0.149. The molecule has 4 nitrogen and oxygen atoms in total. The highest BCUT2D eigenvalue weighted by molar-refractivity contribution is 5.72. The van der Waals surface area contributed by atoms with Gasteiger partial charge in [-0.3, -0.25) is 9.59 Å². The summed E-state index contributed by atoms with van der Waals surface area (Å²) >= 11 is 0. The molecule has 110 valence electrons. The van der Waals surface area contributed by atoms with Gasteiger partial charge in [-0.2, -0.15) is 0 Å². The van der Waals surface area contributed by atoms with E-state index < -0.39 is 0 Å². The van der Waals surface area contributed by atoms with Crippen molar-refractivity contribution in [2.45, 2.75) is 45.6 Å². The van der Waals surface area contributed by atoms with E-state index >= 15 is 0 Å². The summed E-state index contributed by atoms with van der Waals surface area (Å²) < 4.78 is 10.2. The van der Waals surface area contributed by atoms with Crippen LogP contribution in [0, 0.1) is 0 Å². The molecule has 1 aromatic rings. The third kappa shape index (κ3) is 6.36. The van der Waals surface area contributed by atoms with E-state index in [4.69, 9.17) is 9.47 Å². The molecule has 1 unspecified atom stereocenters. The predicted octanol–water partition coefficient (Wildman–Crippen LogP) is 3.41. The Labute approximate surface area is 120 Å². The van der Waals surface area contributed by atoms with Crippen LogP contribution < -0.4 is 0 Å². The second-order valence-electron chi connectivity index (χ2n) is 4.62. The average Bonchev–Trinajstić information content (AvgIpc) is 2.46. The molecule has 0 N–H and O–H groups in total. The fraction of sp³-hybridized carbons (Fsp3) is 0.500. The lowest BCUT2D eigenvalue weighted by Gasteiger charge is -2.13. The number of rotatable bonds is 8. The molecule has 0 spiro atoms. The van der Waals surface area contributed by atoms with E-state index in [1.165, 1.54) is 0 Å². The molecule has 4 heteroatoms. The number of ether oxygens (including phenoxy) is 2. The monoisotopic (exact) mass is 278 g/mol. The first kappa shape index (κ1) is 16.2. The van der Waals surface area contributed by atoms with Gasteiger partial charge in [0.15, 0.2) is 0 Å². The summed E-state index contributed by atoms with van der Waals surface area (Å²) in [6.07, 6.45) is 1.49. The van der Waals surface area contributed by atoms with Gasteiger partial charge in [-0.15, -0.1) is 0 Å². The molecule has 0 radical (unpaired) electrons. The van der Waals surface area contributed by atoms with Crippen LogP contribution in [0.5, 0.6) is 0 Å². The number of esters is 2. The lowest BCUT2D eigenvalue weighted by atomic mass is 10.1. The zero-order valence-corrected chi connectivity index (χ0v) is 12.1. The SMILES string of the molecule is CCCOC(=O)CCCC(=O)OC(C)c1ccccc1. The Morgan fingerprint density at radius 2 is 1.75 bits per heavy atom. The first-order valence-electron chi connectivity index (χ1n) is 7.03. The zero-order valence-electron chi connectivity index (χ0n) is 12.1. The maximum atomic E-state index is 11.6. The van der Waals surface area contributed by atoms with E-state index in [1.54, 1.807) is 0 Å². The number of carbonyl (C=O) groups is 2. The molecule has 0 heterocycles. The van der Waals surface area contributed by atoms with Crippen LogP contribution in [0.4, 0.5) is 0 Å². The fourth-order valence-electron chi connectivity index (χ4n) is 1.71. The molecule has 1 aromatic carbocycles. The second kappa shape index (κ2) is 9.13. The predicted molar refractivity (Wildman–Crippen MR) is 76.1 cm³/mol. The second-order valence-corrected chi connectivity index (χ2v) is 4.62. The van der Waals surface area contributed by atoms with Gasteiger partial charge < -0.3 is 9.47 Å². The van der Waals surface area contributed by atoms with E-state index in [9.17, 15) is 9.59 Å². The summed E-state index contributed by atoms with van der Waals surface area (Å²) in [6, 6.07) is 9.56. The van der Waals surface area contributed by atoms with E-state index in [0.29, 0.717) is 13.0 Å². The molecule has 0 saturated carbocycles. The summed E-state index contributed by atoms with van der Waals surface area (Å²) in [5, 5.41) is 0. The van der Waals surface area contributed by atoms with E-state index in [2.05, 4.69) is 0 Å². The highest BCUT2D eigenvalue weighted by Gasteiger charge is 2.12.